The normalized spacial score (nSPS) is 16.3. The van der Waals surface area contributed by atoms with Gasteiger partial charge >= 0.3 is 0 Å². The molecule has 29 heavy (non-hydrogen) atoms. The second-order valence-electron chi connectivity index (χ2n) is 8.08. The van der Waals surface area contributed by atoms with Crippen LogP contribution < -0.4 is 10.5 Å². The topological polar surface area (TPSA) is 84.1 Å². The maximum atomic E-state index is 12.9. The van der Waals surface area contributed by atoms with E-state index in [2.05, 4.69) is 23.8 Å². The highest BCUT2D eigenvalue weighted by Crippen LogP contribution is 2.31. The summed E-state index contributed by atoms with van der Waals surface area (Å²) >= 11 is 6.07. The van der Waals surface area contributed by atoms with Crippen molar-refractivity contribution >= 4 is 17.5 Å². The highest BCUT2D eigenvalue weighted by atomic mass is 35.5. The van der Waals surface area contributed by atoms with E-state index in [-0.39, 0.29) is 11.0 Å². The van der Waals surface area contributed by atoms with Gasteiger partial charge in [0.05, 0.1) is 24.0 Å². The number of rotatable bonds is 4. The van der Waals surface area contributed by atoms with Crippen molar-refractivity contribution in [2.75, 3.05) is 18.0 Å². The lowest BCUT2D eigenvalue weighted by Crippen LogP contribution is -2.48. The fraction of sp³-hybridized carbons (Fsp3) is 0.333. The van der Waals surface area contributed by atoms with Crippen LogP contribution in [0.3, 0.4) is 0 Å². The van der Waals surface area contributed by atoms with Crippen LogP contribution in [-0.4, -0.2) is 37.7 Å². The first kappa shape index (κ1) is 19.5. The molecule has 2 aromatic heterocycles. The van der Waals surface area contributed by atoms with E-state index in [0.717, 1.165) is 5.56 Å². The zero-order valence-corrected chi connectivity index (χ0v) is 17.0. The predicted molar refractivity (Wildman–Crippen MR) is 112 cm³/mol. The number of hydrogen-bond acceptors (Lipinski definition) is 6. The SMILES string of the molecule is CC1(C)CN(CC(O)c2cccc(Cl)c2)c2nc(-c3ccncn3)cc(=O)n2C1. The Morgan fingerprint density at radius 1 is 1.21 bits per heavy atom. The lowest BCUT2D eigenvalue weighted by Gasteiger charge is -2.41. The van der Waals surface area contributed by atoms with Crippen molar-refractivity contribution in [3.05, 3.63) is 69.9 Å². The molecule has 7 nitrogen and oxygen atoms in total. The van der Waals surface area contributed by atoms with Crippen LogP contribution in [0.4, 0.5) is 5.95 Å². The Hall–Kier alpha value is -2.77. The van der Waals surface area contributed by atoms with E-state index in [1.54, 1.807) is 29.0 Å². The van der Waals surface area contributed by atoms with Crippen LogP contribution >= 0.6 is 11.6 Å². The standard InChI is InChI=1S/C21H22ClN5O2/c1-21(2)11-26(10-18(28)14-4-3-5-15(22)8-14)20-25-17(9-19(29)27(20)12-21)16-6-7-23-13-24-16/h3-9,13,18,28H,10-12H2,1-2H3. The molecule has 4 rings (SSSR count). The fourth-order valence-corrected chi connectivity index (χ4v) is 3.90. The quantitative estimate of drug-likeness (QED) is 0.710. The Bertz CT molecular complexity index is 1080. The smallest absolute Gasteiger partial charge is 0.255 e. The number of hydrogen-bond donors (Lipinski definition) is 1. The lowest BCUT2D eigenvalue weighted by atomic mass is 9.90. The number of aliphatic hydroxyl groups is 1. The first-order valence-electron chi connectivity index (χ1n) is 9.39. The third-order valence-electron chi connectivity index (χ3n) is 4.95. The van der Waals surface area contributed by atoms with Crippen molar-refractivity contribution in [2.45, 2.75) is 26.5 Å². The van der Waals surface area contributed by atoms with Gasteiger partial charge in [-0.15, -0.1) is 0 Å². The molecule has 0 saturated heterocycles. The van der Waals surface area contributed by atoms with Crippen LogP contribution in [0.2, 0.25) is 5.02 Å². The van der Waals surface area contributed by atoms with Gasteiger partial charge in [-0.25, -0.2) is 15.0 Å². The summed E-state index contributed by atoms with van der Waals surface area (Å²) < 4.78 is 1.67. The van der Waals surface area contributed by atoms with E-state index >= 15 is 0 Å². The summed E-state index contributed by atoms with van der Waals surface area (Å²) in [6.45, 7) is 5.70. The maximum Gasteiger partial charge on any atom is 0.255 e. The van der Waals surface area contributed by atoms with Crippen LogP contribution in [0.1, 0.15) is 25.5 Å². The molecule has 150 valence electrons. The summed E-state index contributed by atoms with van der Waals surface area (Å²) in [6, 6.07) is 10.4. The molecule has 0 spiro atoms. The third-order valence-corrected chi connectivity index (χ3v) is 5.18. The van der Waals surface area contributed by atoms with E-state index < -0.39 is 6.10 Å². The number of fused-ring (bicyclic) bond motifs is 1. The van der Waals surface area contributed by atoms with E-state index in [9.17, 15) is 9.90 Å². The van der Waals surface area contributed by atoms with Gasteiger partial charge in [0.2, 0.25) is 5.95 Å². The first-order chi connectivity index (χ1) is 13.8. The van der Waals surface area contributed by atoms with Crippen molar-refractivity contribution < 1.29 is 5.11 Å². The molecule has 0 bridgehead atoms. The van der Waals surface area contributed by atoms with Crippen LogP contribution in [0.25, 0.3) is 11.4 Å². The van der Waals surface area contributed by atoms with Gasteiger partial charge in [-0.1, -0.05) is 37.6 Å². The molecule has 3 aromatic rings. The molecule has 0 aliphatic carbocycles. The average molecular weight is 412 g/mol. The molecule has 1 atom stereocenters. The summed E-state index contributed by atoms with van der Waals surface area (Å²) in [4.78, 5) is 27.7. The van der Waals surface area contributed by atoms with Gasteiger partial charge in [0.1, 0.15) is 6.33 Å². The van der Waals surface area contributed by atoms with E-state index in [1.807, 2.05) is 17.0 Å². The molecule has 1 aliphatic rings. The maximum absolute atomic E-state index is 12.9. The summed E-state index contributed by atoms with van der Waals surface area (Å²) in [7, 11) is 0. The summed E-state index contributed by atoms with van der Waals surface area (Å²) in [5, 5.41) is 11.4. The van der Waals surface area contributed by atoms with Crippen molar-refractivity contribution in [1.82, 2.24) is 19.5 Å². The van der Waals surface area contributed by atoms with E-state index in [1.165, 1.54) is 12.4 Å². The van der Waals surface area contributed by atoms with Crippen molar-refractivity contribution in [1.29, 1.82) is 0 Å². The number of halogens is 1. The first-order valence-corrected chi connectivity index (χ1v) is 9.77. The molecule has 0 radical (unpaired) electrons. The van der Waals surface area contributed by atoms with E-state index in [0.29, 0.717) is 42.0 Å². The molecule has 1 unspecified atom stereocenters. The molecule has 0 fully saturated rings. The largest absolute Gasteiger partial charge is 0.387 e. The minimum Gasteiger partial charge on any atom is -0.387 e. The van der Waals surface area contributed by atoms with Crippen LogP contribution in [0.5, 0.6) is 0 Å². The summed E-state index contributed by atoms with van der Waals surface area (Å²) in [5.41, 5.74) is 1.51. The van der Waals surface area contributed by atoms with Crippen LogP contribution in [0.15, 0.2) is 53.7 Å². The van der Waals surface area contributed by atoms with Gasteiger partial charge in [-0.05, 0) is 23.8 Å². The van der Waals surface area contributed by atoms with Gasteiger partial charge in [-0.3, -0.25) is 9.36 Å². The highest BCUT2D eigenvalue weighted by molar-refractivity contribution is 6.30. The average Bonchev–Trinajstić information content (AvgIpc) is 2.68. The second-order valence-corrected chi connectivity index (χ2v) is 8.51. The van der Waals surface area contributed by atoms with Gasteiger partial charge in [0.25, 0.3) is 5.56 Å². The number of aliphatic hydroxyl groups excluding tert-OH is 1. The molecular formula is C21H22ClN5O2. The summed E-state index contributed by atoms with van der Waals surface area (Å²) in [5.74, 6) is 0.534. The molecule has 8 heteroatoms. The minimum absolute atomic E-state index is 0.140. The molecule has 1 aliphatic heterocycles. The number of aromatic nitrogens is 4. The van der Waals surface area contributed by atoms with Gasteiger partial charge in [0, 0.05) is 35.8 Å². The summed E-state index contributed by atoms with van der Waals surface area (Å²) in [6.07, 6.45) is 2.28. The van der Waals surface area contributed by atoms with Gasteiger partial charge < -0.3 is 10.0 Å². The van der Waals surface area contributed by atoms with Crippen molar-refractivity contribution in [3.63, 3.8) is 0 Å². The zero-order chi connectivity index (χ0) is 20.6. The van der Waals surface area contributed by atoms with Crippen LogP contribution in [-0.2, 0) is 6.54 Å². The molecule has 3 heterocycles. The molecule has 1 N–H and O–H groups in total. The molecular weight excluding hydrogens is 390 g/mol. The minimum atomic E-state index is -0.768. The number of benzene rings is 1. The zero-order valence-electron chi connectivity index (χ0n) is 16.3. The number of nitrogens with zero attached hydrogens (tertiary/aromatic N) is 5. The predicted octanol–water partition coefficient (Wildman–Crippen LogP) is 2.93. The van der Waals surface area contributed by atoms with Crippen LogP contribution in [0, 0.1) is 5.41 Å². The highest BCUT2D eigenvalue weighted by Gasteiger charge is 2.33. The van der Waals surface area contributed by atoms with Crippen molar-refractivity contribution in [2.24, 2.45) is 5.41 Å². The van der Waals surface area contributed by atoms with E-state index in [4.69, 9.17) is 16.6 Å². The number of anilines is 1. The Morgan fingerprint density at radius 3 is 2.76 bits per heavy atom. The fourth-order valence-electron chi connectivity index (χ4n) is 3.70. The Balaban J connectivity index is 1.74. The third kappa shape index (κ3) is 4.16. The molecule has 1 aromatic carbocycles. The van der Waals surface area contributed by atoms with Gasteiger partial charge in [-0.2, -0.15) is 0 Å². The monoisotopic (exact) mass is 411 g/mol. The van der Waals surface area contributed by atoms with Crippen molar-refractivity contribution in [3.8, 4) is 11.4 Å². The molecule has 0 saturated carbocycles. The lowest BCUT2D eigenvalue weighted by molar-refractivity contribution is 0.171. The number of β-amino-alcohol motifs (C(OH)–C–C–N with tert-alkyl or cyclic N) is 1. The second kappa shape index (κ2) is 7.57. The molecule has 0 amide bonds. The Labute approximate surface area is 173 Å². The Morgan fingerprint density at radius 2 is 2.03 bits per heavy atom. The van der Waals surface area contributed by atoms with Gasteiger partial charge in [0.15, 0.2) is 0 Å². The Kier molecular flexibility index (Phi) is 5.10.